The Morgan fingerprint density at radius 3 is 2.00 bits per heavy atom. The van der Waals surface area contributed by atoms with Gasteiger partial charge in [0.25, 0.3) is 0 Å². The smallest absolute Gasteiger partial charge is 0.0657 e. The molecule has 2 aliphatic rings. The molecule has 4 aromatic carbocycles. The highest BCUT2D eigenvalue weighted by Gasteiger charge is 2.46. The molecule has 0 spiro atoms. The summed E-state index contributed by atoms with van der Waals surface area (Å²) in [4.78, 5) is 0. The van der Waals surface area contributed by atoms with Gasteiger partial charge in [0.2, 0.25) is 0 Å². The van der Waals surface area contributed by atoms with Gasteiger partial charge in [0.15, 0.2) is 0 Å². The molecule has 0 amide bonds. The van der Waals surface area contributed by atoms with Gasteiger partial charge in [-0.3, -0.25) is 0 Å². The number of hydrogen-bond acceptors (Lipinski definition) is 6. The first-order chi connectivity index (χ1) is 18.8. The molecule has 8 atom stereocenters. The number of rotatable bonds is 6. The zero-order valence-electron chi connectivity index (χ0n) is 23.3. The standard InChI is InChI=1S/C33H39N4O2/c1-17(34-5)18(2)35-26-15-13-24(21-9-6-7-10-22(21)26)30-32(38)31(33(30)39)25-14-16-28-29-23(25)11-8-12-27(29)36-19(3)20(4)37-28/h6-20,30-38H,1-5H3/q-1. The predicted molar refractivity (Wildman–Crippen MR) is 161 cm³/mol. The molecule has 1 aliphatic carbocycles. The van der Waals surface area contributed by atoms with E-state index in [0.717, 1.165) is 49.7 Å². The van der Waals surface area contributed by atoms with Crippen LogP contribution in [0.1, 0.15) is 50.7 Å². The lowest BCUT2D eigenvalue weighted by molar-refractivity contribution is -0.462. The quantitative estimate of drug-likeness (QED) is 0.245. The molecule has 6 heteroatoms. The van der Waals surface area contributed by atoms with Crippen LogP contribution in [0, 0.1) is 0 Å². The number of aliphatic hydroxyl groups excluding tert-OH is 1. The Hall–Kier alpha value is -3.32. The van der Waals surface area contributed by atoms with Crippen molar-refractivity contribution in [2.75, 3.05) is 23.0 Å². The molecule has 0 radical (unpaired) electrons. The molecule has 6 rings (SSSR count). The highest BCUT2D eigenvalue weighted by atomic mass is 16.3. The number of likely N-dealkylation sites (N-methyl/N-ethyl adjacent to an activating group) is 1. The first-order valence-electron chi connectivity index (χ1n) is 14.2. The van der Waals surface area contributed by atoms with Gasteiger partial charge in [0.05, 0.1) is 6.10 Å². The average molecular weight is 524 g/mol. The number of benzene rings is 4. The first kappa shape index (κ1) is 25.9. The van der Waals surface area contributed by atoms with Crippen LogP contribution in [-0.4, -0.2) is 48.5 Å². The van der Waals surface area contributed by atoms with Crippen molar-refractivity contribution >= 4 is 38.6 Å². The minimum atomic E-state index is -0.938. The molecular weight excluding hydrogens is 484 g/mol. The van der Waals surface area contributed by atoms with Crippen molar-refractivity contribution in [2.24, 2.45) is 0 Å². The van der Waals surface area contributed by atoms with Crippen LogP contribution in [0.4, 0.5) is 17.1 Å². The maximum absolute atomic E-state index is 13.9. The van der Waals surface area contributed by atoms with Crippen LogP contribution in [0.15, 0.2) is 66.7 Å². The molecule has 0 aromatic heterocycles. The van der Waals surface area contributed by atoms with Gasteiger partial charge < -0.3 is 31.5 Å². The highest BCUT2D eigenvalue weighted by Crippen LogP contribution is 2.51. The van der Waals surface area contributed by atoms with Crippen LogP contribution < -0.4 is 26.4 Å². The zero-order valence-corrected chi connectivity index (χ0v) is 23.3. The van der Waals surface area contributed by atoms with E-state index >= 15 is 0 Å². The average Bonchev–Trinajstić information content (AvgIpc) is 3.07. The maximum Gasteiger partial charge on any atom is 0.0657 e. The van der Waals surface area contributed by atoms with Crippen LogP contribution in [-0.2, 0) is 0 Å². The predicted octanol–water partition coefficient (Wildman–Crippen LogP) is 4.99. The fourth-order valence-electron chi connectivity index (χ4n) is 6.47. The lowest BCUT2D eigenvalue weighted by Gasteiger charge is -2.55. The first-order valence-corrected chi connectivity index (χ1v) is 14.2. The SMILES string of the molecule is CNC(C)C(C)Nc1ccc(C2C([O-])C(c3ccc4c5c(cccc35)NC(C)C(C)N4)C2O)c2ccccc12. The Morgan fingerprint density at radius 2 is 1.33 bits per heavy atom. The summed E-state index contributed by atoms with van der Waals surface area (Å²) in [6, 6.07) is 23.7. The minimum absolute atomic E-state index is 0.224. The molecule has 8 unspecified atom stereocenters. The number of aliphatic hydroxyl groups is 1. The summed E-state index contributed by atoms with van der Waals surface area (Å²) in [5.41, 5.74) is 5.04. The minimum Gasteiger partial charge on any atom is -0.851 e. The van der Waals surface area contributed by atoms with Crippen LogP contribution in [0.5, 0.6) is 0 Å². The summed E-state index contributed by atoms with van der Waals surface area (Å²) in [7, 11) is 1.96. The van der Waals surface area contributed by atoms with Crippen LogP contribution in [0.3, 0.4) is 0 Å². The van der Waals surface area contributed by atoms with Gasteiger partial charge >= 0.3 is 0 Å². The summed E-state index contributed by atoms with van der Waals surface area (Å²) >= 11 is 0. The van der Waals surface area contributed by atoms with Crippen molar-refractivity contribution in [1.82, 2.24) is 5.32 Å². The molecule has 39 heavy (non-hydrogen) atoms. The topological polar surface area (TPSA) is 91.4 Å². The van der Waals surface area contributed by atoms with Crippen molar-refractivity contribution < 1.29 is 10.2 Å². The molecule has 0 saturated heterocycles. The molecule has 5 N–H and O–H groups in total. The van der Waals surface area contributed by atoms with E-state index in [4.69, 9.17) is 0 Å². The molecular formula is C33H39N4O2-. The molecule has 1 fully saturated rings. The fourth-order valence-corrected chi connectivity index (χ4v) is 6.47. The monoisotopic (exact) mass is 523 g/mol. The van der Waals surface area contributed by atoms with E-state index in [0.29, 0.717) is 6.04 Å². The number of fused-ring (bicyclic) bond motifs is 1. The largest absolute Gasteiger partial charge is 0.851 e. The Labute approximate surface area is 230 Å². The number of hydrogen-bond donors (Lipinski definition) is 5. The maximum atomic E-state index is 13.9. The summed E-state index contributed by atoms with van der Waals surface area (Å²) in [5, 5.41) is 44.0. The van der Waals surface area contributed by atoms with Gasteiger partial charge in [-0.2, -0.15) is 0 Å². The van der Waals surface area contributed by atoms with E-state index < -0.39 is 24.0 Å². The van der Waals surface area contributed by atoms with Crippen LogP contribution in [0.25, 0.3) is 21.5 Å². The summed E-state index contributed by atoms with van der Waals surface area (Å²) in [6.07, 6.45) is -1.69. The molecule has 0 bridgehead atoms. The third kappa shape index (κ3) is 4.22. The van der Waals surface area contributed by atoms with Crippen molar-refractivity contribution in [3.05, 3.63) is 77.9 Å². The van der Waals surface area contributed by atoms with Gasteiger partial charge in [0.1, 0.15) is 0 Å². The molecule has 6 nitrogen and oxygen atoms in total. The Morgan fingerprint density at radius 1 is 0.744 bits per heavy atom. The summed E-state index contributed by atoms with van der Waals surface area (Å²) < 4.78 is 0. The Bertz CT molecular complexity index is 1490. The number of nitrogens with one attached hydrogen (secondary N) is 4. The second kappa shape index (κ2) is 10.0. The van der Waals surface area contributed by atoms with Gasteiger partial charge in [-0.1, -0.05) is 48.5 Å². The third-order valence-corrected chi connectivity index (χ3v) is 9.30. The molecule has 1 heterocycles. The van der Waals surface area contributed by atoms with E-state index in [-0.39, 0.29) is 18.1 Å². The highest BCUT2D eigenvalue weighted by molar-refractivity contribution is 6.06. The Kier molecular flexibility index (Phi) is 6.66. The van der Waals surface area contributed by atoms with E-state index in [1.165, 1.54) is 0 Å². The summed E-state index contributed by atoms with van der Waals surface area (Å²) in [5.74, 6) is -0.932. The van der Waals surface area contributed by atoms with Gasteiger partial charge in [-0.15, -0.1) is 6.10 Å². The molecule has 204 valence electrons. The molecule has 1 saturated carbocycles. The van der Waals surface area contributed by atoms with Crippen molar-refractivity contribution in [3.8, 4) is 0 Å². The Balaban J connectivity index is 1.36. The summed E-state index contributed by atoms with van der Waals surface area (Å²) in [6.45, 7) is 8.65. The van der Waals surface area contributed by atoms with E-state index in [9.17, 15) is 10.2 Å². The van der Waals surface area contributed by atoms with E-state index in [1.54, 1.807) is 0 Å². The van der Waals surface area contributed by atoms with Crippen molar-refractivity contribution in [2.45, 2.75) is 75.9 Å². The second-order valence-electron chi connectivity index (χ2n) is 11.6. The molecule has 1 aliphatic heterocycles. The zero-order chi connectivity index (χ0) is 27.4. The van der Waals surface area contributed by atoms with Crippen molar-refractivity contribution in [1.29, 1.82) is 0 Å². The van der Waals surface area contributed by atoms with Gasteiger partial charge in [-0.25, -0.2) is 0 Å². The third-order valence-electron chi connectivity index (χ3n) is 9.30. The van der Waals surface area contributed by atoms with E-state index in [1.807, 2.05) is 37.4 Å². The van der Waals surface area contributed by atoms with Crippen LogP contribution in [0.2, 0.25) is 0 Å². The molecule has 4 aromatic rings. The van der Waals surface area contributed by atoms with E-state index in [2.05, 4.69) is 85.4 Å². The second-order valence-corrected chi connectivity index (χ2v) is 11.6. The van der Waals surface area contributed by atoms with Gasteiger partial charge in [-0.05, 0) is 86.7 Å². The van der Waals surface area contributed by atoms with Gasteiger partial charge in [0, 0.05) is 52.0 Å². The normalized spacial score (nSPS) is 27.7. The number of anilines is 3. The van der Waals surface area contributed by atoms with Crippen molar-refractivity contribution in [3.63, 3.8) is 0 Å². The lowest BCUT2D eigenvalue weighted by atomic mass is 9.62. The fraction of sp³-hybridized carbons (Fsp3) is 0.394. The lowest BCUT2D eigenvalue weighted by Crippen LogP contribution is -2.58. The van der Waals surface area contributed by atoms with Crippen LogP contribution >= 0.6 is 0 Å².